The predicted molar refractivity (Wildman–Crippen MR) is 106 cm³/mol. The summed E-state index contributed by atoms with van der Waals surface area (Å²) in [5.74, 6) is 0.942. The van der Waals surface area contributed by atoms with Gasteiger partial charge in [-0.25, -0.2) is 4.79 Å². The highest BCUT2D eigenvalue weighted by Crippen LogP contribution is 2.26. The minimum atomic E-state index is -0.470. The second kappa shape index (κ2) is 8.93. The Labute approximate surface area is 158 Å². The van der Waals surface area contributed by atoms with Gasteiger partial charge in [0.2, 0.25) is 0 Å². The number of carbonyl (C=O) groups is 1. The van der Waals surface area contributed by atoms with E-state index < -0.39 is 5.60 Å². The fraction of sp³-hybridized carbons (Fsp3) is 0.895. The maximum atomic E-state index is 12.0. The minimum absolute atomic E-state index is 0.0975. The summed E-state index contributed by atoms with van der Waals surface area (Å²) >= 11 is 0. The number of guanidine groups is 1. The normalized spacial score (nSPS) is 22.5. The molecular weight excluding hydrogens is 330 g/mol. The molecule has 1 saturated carbocycles. The van der Waals surface area contributed by atoms with Crippen LogP contribution >= 0.6 is 0 Å². The topological polar surface area (TPSA) is 69.2 Å². The second-order valence-corrected chi connectivity index (χ2v) is 8.52. The Kier molecular flexibility index (Phi) is 7.15. The molecule has 1 amide bonds. The Morgan fingerprint density at radius 3 is 2.62 bits per heavy atom. The molecule has 0 bridgehead atoms. The molecule has 0 spiro atoms. The van der Waals surface area contributed by atoms with E-state index in [-0.39, 0.29) is 12.1 Å². The van der Waals surface area contributed by atoms with Crippen LogP contribution in [-0.2, 0) is 4.74 Å². The fourth-order valence-corrected chi connectivity index (χ4v) is 3.16. The molecule has 2 aliphatic rings. The van der Waals surface area contributed by atoms with Crippen LogP contribution in [0.3, 0.4) is 0 Å². The van der Waals surface area contributed by atoms with Gasteiger partial charge in [-0.15, -0.1) is 0 Å². The number of amides is 1. The van der Waals surface area contributed by atoms with Gasteiger partial charge in [0.25, 0.3) is 0 Å². The number of nitrogens with zero attached hydrogens (tertiary/aromatic N) is 3. The van der Waals surface area contributed by atoms with Crippen molar-refractivity contribution in [3.8, 4) is 0 Å². The number of carbonyl (C=O) groups excluding carboxylic acids is 1. The van der Waals surface area contributed by atoms with Crippen LogP contribution in [0.5, 0.6) is 0 Å². The van der Waals surface area contributed by atoms with E-state index in [1.807, 2.05) is 20.8 Å². The third-order valence-corrected chi connectivity index (χ3v) is 4.87. The number of hydrogen-bond donors (Lipinski definition) is 2. The Hall–Kier alpha value is -1.50. The minimum Gasteiger partial charge on any atom is -0.444 e. The number of likely N-dealkylation sites (tertiary alicyclic amines) is 1. The van der Waals surface area contributed by atoms with Crippen molar-refractivity contribution < 1.29 is 9.53 Å². The molecule has 2 fully saturated rings. The summed E-state index contributed by atoms with van der Waals surface area (Å²) in [6.45, 7) is 13.2. The molecule has 0 aromatic rings. The second-order valence-electron chi connectivity index (χ2n) is 8.52. The summed E-state index contributed by atoms with van der Waals surface area (Å²) in [6.07, 6.45) is 3.19. The van der Waals surface area contributed by atoms with Gasteiger partial charge < -0.3 is 20.3 Å². The SMILES string of the molecule is CCNC(=NCC(C)N(C)C1CC1)N1CCC(NC(=O)OC(C)(C)C)C1. The van der Waals surface area contributed by atoms with Crippen LogP contribution in [-0.4, -0.2) is 78.8 Å². The van der Waals surface area contributed by atoms with Gasteiger partial charge in [0, 0.05) is 31.7 Å². The lowest BCUT2D eigenvalue weighted by molar-refractivity contribution is 0.0507. The van der Waals surface area contributed by atoms with Gasteiger partial charge in [-0.05, 0) is 60.9 Å². The summed E-state index contributed by atoms with van der Waals surface area (Å²) in [6, 6.07) is 1.28. The zero-order chi connectivity index (χ0) is 19.3. The van der Waals surface area contributed by atoms with E-state index in [0.717, 1.165) is 44.6 Å². The summed E-state index contributed by atoms with van der Waals surface area (Å²) < 4.78 is 5.36. The molecule has 2 rings (SSSR count). The summed E-state index contributed by atoms with van der Waals surface area (Å²) in [4.78, 5) is 21.5. The van der Waals surface area contributed by atoms with Gasteiger partial charge in [0.15, 0.2) is 5.96 Å². The van der Waals surface area contributed by atoms with Crippen LogP contribution < -0.4 is 10.6 Å². The van der Waals surface area contributed by atoms with Crippen LogP contribution in [0, 0.1) is 0 Å². The maximum Gasteiger partial charge on any atom is 0.407 e. The van der Waals surface area contributed by atoms with Crippen molar-refractivity contribution in [2.75, 3.05) is 33.2 Å². The molecule has 1 aliphatic heterocycles. The molecule has 1 saturated heterocycles. The van der Waals surface area contributed by atoms with Crippen molar-refractivity contribution in [3.05, 3.63) is 0 Å². The molecule has 26 heavy (non-hydrogen) atoms. The molecule has 150 valence electrons. The zero-order valence-corrected chi connectivity index (χ0v) is 17.3. The van der Waals surface area contributed by atoms with Crippen LogP contribution in [0.4, 0.5) is 4.79 Å². The van der Waals surface area contributed by atoms with E-state index >= 15 is 0 Å². The van der Waals surface area contributed by atoms with Crippen molar-refractivity contribution >= 4 is 12.1 Å². The summed E-state index contributed by atoms with van der Waals surface area (Å²) in [5.41, 5.74) is -0.470. The number of likely N-dealkylation sites (N-methyl/N-ethyl adjacent to an activating group) is 1. The molecule has 0 aromatic carbocycles. The third-order valence-electron chi connectivity index (χ3n) is 4.87. The molecule has 2 unspecified atom stereocenters. The Morgan fingerprint density at radius 1 is 1.35 bits per heavy atom. The first-order valence-corrected chi connectivity index (χ1v) is 9.94. The standard InChI is InChI=1S/C19H37N5O2/c1-7-20-17(21-12-14(2)23(6)16-8-9-16)24-11-10-15(13-24)22-18(25)26-19(3,4)5/h14-16H,7-13H2,1-6H3,(H,20,21)(H,22,25). The number of hydrogen-bond acceptors (Lipinski definition) is 4. The molecular formula is C19H37N5O2. The molecule has 2 atom stereocenters. The number of alkyl carbamates (subject to hydrolysis) is 1. The lowest BCUT2D eigenvalue weighted by atomic mass is 10.2. The summed E-state index contributed by atoms with van der Waals surface area (Å²) in [7, 11) is 2.20. The average molecular weight is 368 g/mol. The lowest BCUT2D eigenvalue weighted by Gasteiger charge is -2.26. The van der Waals surface area contributed by atoms with E-state index in [0.29, 0.717) is 6.04 Å². The fourth-order valence-electron chi connectivity index (χ4n) is 3.16. The molecule has 1 aliphatic carbocycles. The molecule has 1 heterocycles. The van der Waals surface area contributed by atoms with E-state index in [4.69, 9.17) is 9.73 Å². The van der Waals surface area contributed by atoms with Crippen molar-refractivity contribution in [2.24, 2.45) is 4.99 Å². The molecule has 0 aromatic heterocycles. The quantitative estimate of drug-likeness (QED) is 0.555. The van der Waals surface area contributed by atoms with Crippen LogP contribution in [0.1, 0.15) is 53.9 Å². The van der Waals surface area contributed by atoms with Crippen LogP contribution in [0.15, 0.2) is 4.99 Å². The van der Waals surface area contributed by atoms with Crippen molar-refractivity contribution in [1.29, 1.82) is 0 Å². The number of nitrogens with one attached hydrogen (secondary N) is 2. The highest BCUT2D eigenvalue weighted by Gasteiger charge is 2.30. The van der Waals surface area contributed by atoms with E-state index in [2.05, 4.69) is 41.3 Å². The Balaban J connectivity index is 1.85. The van der Waals surface area contributed by atoms with Gasteiger partial charge in [0.1, 0.15) is 5.60 Å². The monoisotopic (exact) mass is 367 g/mol. The number of aliphatic imine (C=N–C) groups is 1. The van der Waals surface area contributed by atoms with Crippen molar-refractivity contribution in [1.82, 2.24) is 20.4 Å². The lowest BCUT2D eigenvalue weighted by Crippen LogP contribution is -2.44. The first-order valence-electron chi connectivity index (χ1n) is 9.94. The van der Waals surface area contributed by atoms with E-state index in [1.54, 1.807) is 0 Å². The molecule has 0 radical (unpaired) electrons. The highest BCUT2D eigenvalue weighted by atomic mass is 16.6. The number of rotatable bonds is 6. The highest BCUT2D eigenvalue weighted by molar-refractivity contribution is 5.80. The first kappa shape index (κ1) is 20.8. The van der Waals surface area contributed by atoms with E-state index in [9.17, 15) is 4.79 Å². The smallest absolute Gasteiger partial charge is 0.407 e. The predicted octanol–water partition coefficient (Wildman–Crippen LogP) is 2.03. The summed E-state index contributed by atoms with van der Waals surface area (Å²) in [5, 5.41) is 6.36. The van der Waals surface area contributed by atoms with Gasteiger partial charge in [-0.1, -0.05) is 0 Å². The largest absolute Gasteiger partial charge is 0.444 e. The molecule has 7 nitrogen and oxygen atoms in total. The van der Waals surface area contributed by atoms with Crippen LogP contribution in [0.2, 0.25) is 0 Å². The number of ether oxygens (including phenoxy) is 1. The van der Waals surface area contributed by atoms with Gasteiger partial charge >= 0.3 is 6.09 Å². The van der Waals surface area contributed by atoms with Crippen molar-refractivity contribution in [3.63, 3.8) is 0 Å². The third kappa shape index (κ3) is 6.67. The van der Waals surface area contributed by atoms with E-state index in [1.165, 1.54) is 12.8 Å². The maximum absolute atomic E-state index is 12.0. The average Bonchev–Trinajstić information content (AvgIpc) is 3.29. The van der Waals surface area contributed by atoms with Gasteiger partial charge in [-0.3, -0.25) is 9.89 Å². The Morgan fingerprint density at radius 2 is 2.04 bits per heavy atom. The van der Waals surface area contributed by atoms with Crippen molar-refractivity contribution in [2.45, 2.75) is 77.6 Å². The van der Waals surface area contributed by atoms with Gasteiger partial charge in [-0.2, -0.15) is 0 Å². The molecule has 7 heteroatoms. The molecule has 2 N–H and O–H groups in total. The van der Waals surface area contributed by atoms with Crippen LogP contribution in [0.25, 0.3) is 0 Å². The zero-order valence-electron chi connectivity index (χ0n) is 17.3. The first-order chi connectivity index (χ1) is 12.2. The van der Waals surface area contributed by atoms with Gasteiger partial charge in [0.05, 0.1) is 12.6 Å². The Bertz CT molecular complexity index is 499.